The second-order valence-corrected chi connectivity index (χ2v) is 4.06. The molecule has 1 atom stereocenters. The van der Waals surface area contributed by atoms with Gasteiger partial charge in [0.2, 0.25) is 0 Å². The van der Waals surface area contributed by atoms with Crippen molar-refractivity contribution in [3.8, 4) is 0 Å². The predicted molar refractivity (Wildman–Crippen MR) is 59.6 cm³/mol. The van der Waals surface area contributed by atoms with E-state index in [1.54, 1.807) is 18.2 Å². The number of rotatable bonds is 4. The van der Waals surface area contributed by atoms with E-state index in [1.807, 2.05) is 0 Å². The molecule has 3 heteroatoms. The Hall–Kier alpha value is -0.270. The fraction of sp³-hybridized carbons (Fsp3) is 0.455. The van der Waals surface area contributed by atoms with Gasteiger partial charge in [-0.05, 0) is 24.0 Å². The van der Waals surface area contributed by atoms with Crippen LogP contribution in [0.4, 0.5) is 4.39 Å². The van der Waals surface area contributed by atoms with Crippen molar-refractivity contribution < 1.29 is 4.39 Å². The van der Waals surface area contributed by atoms with Crippen molar-refractivity contribution in [2.24, 2.45) is 5.92 Å². The van der Waals surface area contributed by atoms with E-state index in [1.165, 1.54) is 0 Å². The van der Waals surface area contributed by atoms with Gasteiger partial charge >= 0.3 is 0 Å². The molecular weight excluding hydrogens is 222 g/mol. The lowest BCUT2D eigenvalue weighted by Crippen LogP contribution is -2.06. The molecular formula is C11H13Cl2F. The molecule has 0 fully saturated rings. The summed E-state index contributed by atoms with van der Waals surface area (Å²) >= 11 is 11.4. The third kappa shape index (κ3) is 2.86. The zero-order valence-corrected chi connectivity index (χ0v) is 9.58. The molecule has 1 aromatic carbocycles. The molecule has 78 valence electrons. The Morgan fingerprint density at radius 1 is 1.43 bits per heavy atom. The van der Waals surface area contributed by atoms with E-state index in [0.717, 1.165) is 6.42 Å². The van der Waals surface area contributed by atoms with Crippen LogP contribution in [0.1, 0.15) is 18.9 Å². The highest BCUT2D eigenvalue weighted by Crippen LogP contribution is 2.21. The summed E-state index contributed by atoms with van der Waals surface area (Å²) < 4.78 is 13.5. The van der Waals surface area contributed by atoms with Gasteiger partial charge in [-0.1, -0.05) is 37.1 Å². The Morgan fingerprint density at radius 2 is 2.14 bits per heavy atom. The van der Waals surface area contributed by atoms with Gasteiger partial charge in [-0.25, -0.2) is 4.39 Å². The van der Waals surface area contributed by atoms with Crippen LogP contribution in [0.3, 0.4) is 0 Å². The van der Waals surface area contributed by atoms with E-state index in [-0.39, 0.29) is 10.8 Å². The summed E-state index contributed by atoms with van der Waals surface area (Å²) in [7, 11) is 0. The molecule has 0 heterocycles. The van der Waals surface area contributed by atoms with Crippen LogP contribution in [0.15, 0.2) is 18.2 Å². The van der Waals surface area contributed by atoms with E-state index in [9.17, 15) is 4.39 Å². The Labute approximate surface area is 94.0 Å². The first kappa shape index (κ1) is 11.8. The van der Waals surface area contributed by atoms with Gasteiger partial charge in [0.1, 0.15) is 5.82 Å². The number of hydrogen-bond acceptors (Lipinski definition) is 0. The maximum atomic E-state index is 13.5. The highest BCUT2D eigenvalue weighted by molar-refractivity contribution is 6.30. The van der Waals surface area contributed by atoms with Gasteiger partial charge in [0.15, 0.2) is 0 Å². The summed E-state index contributed by atoms with van der Waals surface area (Å²) in [6.45, 7) is 2.05. The van der Waals surface area contributed by atoms with Crippen LogP contribution < -0.4 is 0 Å². The van der Waals surface area contributed by atoms with E-state index >= 15 is 0 Å². The van der Waals surface area contributed by atoms with Gasteiger partial charge < -0.3 is 0 Å². The van der Waals surface area contributed by atoms with Gasteiger partial charge in [0.25, 0.3) is 0 Å². The average Bonchev–Trinajstić information content (AvgIpc) is 2.20. The number of hydrogen-bond donors (Lipinski definition) is 0. The summed E-state index contributed by atoms with van der Waals surface area (Å²) in [6.07, 6.45) is 1.61. The van der Waals surface area contributed by atoms with Gasteiger partial charge in [-0.2, -0.15) is 0 Å². The maximum Gasteiger partial charge on any atom is 0.144 e. The monoisotopic (exact) mass is 234 g/mol. The van der Waals surface area contributed by atoms with Crippen molar-refractivity contribution in [1.29, 1.82) is 0 Å². The first-order valence-corrected chi connectivity index (χ1v) is 5.59. The molecule has 0 N–H and O–H groups in total. The smallest absolute Gasteiger partial charge is 0.144 e. The summed E-state index contributed by atoms with van der Waals surface area (Å²) in [5.74, 6) is 0.574. The molecule has 0 bridgehead atoms. The van der Waals surface area contributed by atoms with Crippen molar-refractivity contribution in [2.45, 2.75) is 19.8 Å². The molecule has 1 unspecified atom stereocenters. The van der Waals surface area contributed by atoms with Crippen molar-refractivity contribution >= 4 is 23.2 Å². The third-order valence-corrected chi connectivity index (χ3v) is 3.06. The van der Waals surface area contributed by atoms with E-state index in [2.05, 4.69) is 6.92 Å². The molecule has 0 nitrogen and oxygen atoms in total. The molecule has 0 saturated carbocycles. The average molecular weight is 235 g/mol. The summed E-state index contributed by atoms with van der Waals surface area (Å²) in [6, 6.07) is 5.08. The van der Waals surface area contributed by atoms with E-state index in [4.69, 9.17) is 23.2 Å². The minimum atomic E-state index is -0.308. The minimum Gasteiger partial charge on any atom is -0.205 e. The second kappa shape index (κ2) is 5.57. The Kier molecular flexibility index (Phi) is 4.70. The van der Waals surface area contributed by atoms with Crippen LogP contribution in [-0.2, 0) is 6.42 Å². The molecule has 0 saturated heterocycles. The topological polar surface area (TPSA) is 0 Å². The molecule has 0 radical (unpaired) electrons. The molecule has 0 aromatic heterocycles. The van der Waals surface area contributed by atoms with Crippen molar-refractivity contribution in [1.82, 2.24) is 0 Å². The van der Waals surface area contributed by atoms with E-state index < -0.39 is 0 Å². The largest absolute Gasteiger partial charge is 0.205 e. The Morgan fingerprint density at radius 3 is 2.71 bits per heavy atom. The lowest BCUT2D eigenvalue weighted by molar-refractivity contribution is 0.536. The first-order valence-electron chi connectivity index (χ1n) is 4.67. The second-order valence-electron chi connectivity index (χ2n) is 3.35. The summed E-state index contributed by atoms with van der Waals surface area (Å²) in [5.41, 5.74) is 0.657. The standard InChI is InChI=1S/C11H13Cl2F/c1-2-8(7-12)6-9-4-3-5-10(13)11(9)14/h3-5,8H,2,6-7H2,1H3. The van der Waals surface area contributed by atoms with Crippen LogP contribution in [0.5, 0.6) is 0 Å². The molecule has 0 amide bonds. The lowest BCUT2D eigenvalue weighted by Gasteiger charge is -2.11. The van der Waals surface area contributed by atoms with Crippen LogP contribution in [-0.4, -0.2) is 5.88 Å². The summed E-state index contributed by atoms with van der Waals surface area (Å²) in [4.78, 5) is 0. The lowest BCUT2D eigenvalue weighted by atomic mass is 9.98. The maximum absolute atomic E-state index is 13.5. The minimum absolute atomic E-state index is 0.187. The van der Waals surface area contributed by atoms with Crippen LogP contribution in [0.2, 0.25) is 5.02 Å². The molecule has 0 aliphatic rings. The van der Waals surface area contributed by atoms with Crippen LogP contribution in [0.25, 0.3) is 0 Å². The van der Waals surface area contributed by atoms with Crippen molar-refractivity contribution in [3.63, 3.8) is 0 Å². The highest BCUT2D eigenvalue weighted by Gasteiger charge is 2.11. The van der Waals surface area contributed by atoms with Gasteiger partial charge in [0, 0.05) is 5.88 Å². The first-order chi connectivity index (χ1) is 6.69. The third-order valence-electron chi connectivity index (χ3n) is 2.34. The Balaban J connectivity index is 2.80. The number of alkyl halides is 1. The molecule has 1 aromatic rings. The van der Waals surface area contributed by atoms with Gasteiger partial charge in [-0.15, -0.1) is 11.6 Å². The zero-order chi connectivity index (χ0) is 10.6. The fourth-order valence-corrected chi connectivity index (χ4v) is 1.85. The zero-order valence-electron chi connectivity index (χ0n) is 8.06. The van der Waals surface area contributed by atoms with Crippen LogP contribution >= 0.6 is 23.2 Å². The van der Waals surface area contributed by atoms with E-state index in [0.29, 0.717) is 23.8 Å². The fourth-order valence-electron chi connectivity index (χ4n) is 1.33. The molecule has 14 heavy (non-hydrogen) atoms. The number of benzene rings is 1. The highest BCUT2D eigenvalue weighted by atomic mass is 35.5. The number of halogens is 3. The van der Waals surface area contributed by atoms with Crippen molar-refractivity contribution in [2.75, 3.05) is 5.88 Å². The SMILES string of the molecule is CCC(CCl)Cc1cccc(Cl)c1F. The molecule has 0 spiro atoms. The molecule has 0 aliphatic heterocycles. The quantitative estimate of drug-likeness (QED) is 0.683. The summed E-state index contributed by atoms with van der Waals surface area (Å²) in [5, 5.41) is 0.187. The predicted octanol–water partition coefficient (Wildman–Crippen LogP) is 4.29. The van der Waals surface area contributed by atoms with Gasteiger partial charge in [0.05, 0.1) is 5.02 Å². The molecule has 1 rings (SSSR count). The normalized spacial score (nSPS) is 12.9. The van der Waals surface area contributed by atoms with Gasteiger partial charge in [-0.3, -0.25) is 0 Å². The van der Waals surface area contributed by atoms with Crippen molar-refractivity contribution in [3.05, 3.63) is 34.6 Å². The Bertz CT molecular complexity index is 295. The molecule has 0 aliphatic carbocycles. The van der Waals surface area contributed by atoms with Crippen LogP contribution in [0, 0.1) is 11.7 Å².